The molecule has 0 aliphatic carbocycles. The first-order valence-electron chi connectivity index (χ1n) is 11.3. The Bertz CT molecular complexity index is 1530. The van der Waals surface area contributed by atoms with Crippen molar-refractivity contribution in [2.45, 2.75) is 50.5 Å². The molecule has 1 aromatic heterocycles. The van der Waals surface area contributed by atoms with Crippen molar-refractivity contribution in [2.75, 3.05) is 4.90 Å². The Morgan fingerprint density at radius 2 is 1.77 bits per heavy atom. The van der Waals surface area contributed by atoms with E-state index in [1.165, 1.54) is 11.8 Å². The normalized spacial score (nSPS) is 26.9. The molecule has 3 aromatic rings. The molecule has 0 saturated carbocycles. The van der Waals surface area contributed by atoms with Crippen LogP contribution in [0.3, 0.4) is 0 Å². The van der Waals surface area contributed by atoms with Crippen molar-refractivity contribution in [3.05, 3.63) is 70.3 Å². The van der Waals surface area contributed by atoms with E-state index in [0.717, 1.165) is 9.63 Å². The van der Waals surface area contributed by atoms with Crippen LogP contribution in [0.5, 0.6) is 0 Å². The Morgan fingerprint density at radius 3 is 2.51 bits per heavy atom. The van der Waals surface area contributed by atoms with Gasteiger partial charge in [0.2, 0.25) is 0 Å². The van der Waals surface area contributed by atoms with Crippen molar-refractivity contribution < 1.29 is 24.3 Å². The van der Waals surface area contributed by atoms with Crippen LogP contribution in [-0.2, 0) is 19.9 Å². The van der Waals surface area contributed by atoms with Crippen LogP contribution in [0.4, 0.5) is 5.69 Å². The first kappa shape index (κ1) is 21.6. The van der Waals surface area contributed by atoms with Gasteiger partial charge >= 0.3 is 5.97 Å². The minimum absolute atomic E-state index is 0.0787. The van der Waals surface area contributed by atoms with Gasteiger partial charge < -0.3 is 9.94 Å². The molecule has 35 heavy (non-hydrogen) atoms. The maximum absolute atomic E-state index is 13.5. The molecule has 0 radical (unpaired) electrons. The van der Waals surface area contributed by atoms with Crippen LogP contribution in [0.1, 0.15) is 49.4 Å². The van der Waals surface area contributed by atoms with E-state index in [4.69, 9.17) is 4.74 Å². The summed E-state index contributed by atoms with van der Waals surface area (Å²) >= 11 is 0. The second-order valence-electron chi connectivity index (χ2n) is 9.68. The number of aromatic nitrogens is 2. The number of ketones is 1. The zero-order valence-corrected chi connectivity index (χ0v) is 19.3. The topological polar surface area (TPSA) is 122 Å². The molecule has 10 nitrogen and oxygen atoms in total. The summed E-state index contributed by atoms with van der Waals surface area (Å²) in [5.41, 5.74) is -1.82. The van der Waals surface area contributed by atoms with Crippen LogP contribution in [0.25, 0.3) is 10.9 Å². The summed E-state index contributed by atoms with van der Waals surface area (Å²) in [6.45, 7) is 4.46. The summed E-state index contributed by atoms with van der Waals surface area (Å²) in [4.78, 5) is 58.6. The van der Waals surface area contributed by atoms with Gasteiger partial charge in [0.15, 0.2) is 23.4 Å². The van der Waals surface area contributed by atoms with E-state index >= 15 is 0 Å². The van der Waals surface area contributed by atoms with Gasteiger partial charge in [0.1, 0.15) is 11.6 Å². The molecule has 10 heteroatoms. The van der Waals surface area contributed by atoms with Gasteiger partial charge in [0, 0.05) is 18.9 Å². The Hall–Kier alpha value is -3.89. The smallest absolute Gasteiger partial charge is 0.330 e. The summed E-state index contributed by atoms with van der Waals surface area (Å²) in [7, 11) is 0. The fraction of sp³-hybridized carbons (Fsp3) is 0.320. The lowest BCUT2D eigenvalue weighted by Gasteiger charge is -2.35. The monoisotopic (exact) mass is 474 g/mol. The molecule has 1 N–H and O–H groups in total. The van der Waals surface area contributed by atoms with E-state index in [9.17, 15) is 24.4 Å². The molecular formula is C25H22N4O6. The number of hydrogen-bond donors (Lipinski definition) is 1. The molecule has 1 amide bonds. The van der Waals surface area contributed by atoms with Crippen molar-refractivity contribution >= 4 is 34.3 Å². The van der Waals surface area contributed by atoms with Gasteiger partial charge in [0.25, 0.3) is 11.5 Å². The fourth-order valence-corrected chi connectivity index (χ4v) is 5.61. The molecule has 0 unspecified atom stereocenters. The zero-order valence-electron chi connectivity index (χ0n) is 19.3. The van der Waals surface area contributed by atoms with Crippen LogP contribution in [-0.4, -0.2) is 49.2 Å². The van der Waals surface area contributed by atoms with Crippen molar-refractivity contribution in [1.82, 2.24) is 14.6 Å². The Morgan fingerprint density at radius 1 is 1.09 bits per heavy atom. The van der Waals surface area contributed by atoms with Crippen LogP contribution < -0.4 is 10.5 Å². The average Bonchev–Trinajstić information content (AvgIpc) is 3.38. The third kappa shape index (κ3) is 2.58. The first-order chi connectivity index (χ1) is 16.6. The van der Waals surface area contributed by atoms with E-state index in [0.29, 0.717) is 16.8 Å². The number of esters is 1. The third-order valence-corrected chi connectivity index (χ3v) is 7.31. The highest BCUT2D eigenvalue weighted by atomic mass is 16.6. The van der Waals surface area contributed by atoms with Gasteiger partial charge in [-0.05, 0) is 32.0 Å². The Balaban J connectivity index is 1.57. The molecule has 4 heterocycles. The molecule has 1 spiro atoms. The lowest BCUT2D eigenvalue weighted by Crippen LogP contribution is -2.52. The Labute approximate surface area is 199 Å². The standard InChI is InChI=1S/C25H22N4O6/c1-13(30)19-26-16-10-6-4-8-14(16)20(31)27(19)18-12-25(35-21(18)32)15-9-5-7-11-17(15)28-22(25)29(34)24(2,3)23(28)33/h4-11,18,22,34H,12H2,1-3H3/t18-,22-,25-/m0/s1. The molecule has 3 aliphatic rings. The molecule has 2 fully saturated rings. The summed E-state index contributed by atoms with van der Waals surface area (Å²) in [5.74, 6) is -1.72. The summed E-state index contributed by atoms with van der Waals surface area (Å²) in [6.07, 6.45) is -1.11. The predicted octanol–water partition coefficient (Wildman–Crippen LogP) is 2.14. The second-order valence-corrected chi connectivity index (χ2v) is 9.68. The number of nitrogens with zero attached hydrogens (tertiary/aromatic N) is 4. The molecule has 2 saturated heterocycles. The van der Waals surface area contributed by atoms with Crippen molar-refractivity contribution in [3.8, 4) is 0 Å². The summed E-state index contributed by atoms with van der Waals surface area (Å²) in [6, 6.07) is 12.4. The van der Waals surface area contributed by atoms with Crippen LogP contribution in [0.2, 0.25) is 0 Å². The first-order valence-corrected chi connectivity index (χ1v) is 11.3. The van der Waals surface area contributed by atoms with E-state index < -0.39 is 40.7 Å². The number of carbonyl (C=O) groups excluding carboxylic acids is 3. The van der Waals surface area contributed by atoms with Crippen molar-refractivity contribution in [3.63, 3.8) is 0 Å². The molecule has 6 rings (SSSR count). The SMILES string of the molecule is CC(=O)c1nc2ccccc2c(=O)n1[C@H]1C[C@]2(OC1=O)c1ccccc1N1C(=O)C(C)(C)N(O)[C@H]12. The minimum Gasteiger partial charge on any atom is -0.449 e. The van der Waals surface area contributed by atoms with Crippen LogP contribution >= 0.6 is 0 Å². The third-order valence-electron chi connectivity index (χ3n) is 7.31. The number of rotatable bonds is 2. The number of hydrogen-bond acceptors (Lipinski definition) is 8. The zero-order chi connectivity index (χ0) is 24.9. The maximum Gasteiger partial charge on any atom is 0.330 e. The highest BCUT2D eigenvalue weighted by Gasteiger charge is 2.70. The predicted molar refractivity (Wildman–Crippen MR) is 123 cm³/mol. The number of amides is 1. The number of benzene rings is 2. The quantitative estimate of drug-likeness (QED) is 0.443. The molecule has 178 valence electrons. The number of fused-ring (bicyclic) bond motifs is 6. The fourth-order valence-electron chi connectivity index (χ4n) is 5.61. The van der Waals surface area contributed by atoms with Gasteiger partial charge in [-0.15, -0.1) is 5.06 Å². The van der Waals surface area contributed by atoms with Gasteiger partial charge in [0.05, 0.1) is 16.6 Å². The minimum atomic E-state index is -1.45. The van der Waals surface area contributed by atoms with E-state index in [1.807, 2.05) is 0 Å². The number of carbonyl (C=O) groups is 3. The van der Waals surface area contributed by atoms with Crippen molar-refractivity contribution in [2.24, 2.45) is 0 Å². The van der Waals surface area contributed by atoms with Gasteiger partial charge in [-0.25, -0.2) is 9.78 Å². The number of hydroxylamine groups is 2. The van der Waals surface area contributed by atoms with Gasteiger partial charge in [-0.3, -0.25) is 23.9 Å². The van der Waals surface area contributed by atoms with E-state index in [2.05, 4.69) is 4.98 Å². The highest BCUT2D eigenvalue weighted by Crippen LogP contribution is 2.58. The lowest BCUT2D eigenvalue weighted by atomic mass is 9.88. The second kappa shape index (κ2) is 6.83. The van der Waals surface area contributed by atoms with Crippen LogP contribution in [0.15, 0.2) is 53.3 Å². The lowest BCUT2D eigenvalue weighted by molar-refractivity contribution is -0.209. The molecule has 3 atom stereocenters. The molecule has 2 aromatic carbocycles. The van der Waals surface area contributed by atoms with Crippen molar-refractivity contribution in [1.29, 1.82) is 0 Å². The summed E-state index contributed by atoms with van der Waals surface area (Å²) < 4.78 is 7.09. The number of anilines is 1. The number of para-hydroxylation sites is 2. The number of Topliss-reactive ketones (excluding diaryl/α,β-unsaturated/α-hetero) is 1. The molecular weight excluding hydrogens is 452 g/mol. The van der Waals surface area contributed by atoms with Crippen LogP contribution in [0, 0.1) is 0 Å². The van der Waals surface area contributed by atoms with E-state index in [1.54, 1.807) is 62.4 Å². The average molecular weight is 474 g/mol. The maximum atomic E-state index is 13.5. The van der Waals surface area contributed by atoms with Gasteiger partial charge in [-0.2, -0.15) is 0 Å². The Kier molecular flexibility index (Phi) is 4.22. The van der Waals surface area contributed by atoms with E-state index in [-0.39, 0.29) is 23.5 Å². The largest absolute Gasteiger partial charge is 0.449 e. The molecule has 0 bridgehead atoms. The van der Waals surface area contributed by atoms with Gasteiger partial charge in [-0.1, -0.05) is 30.3 Å². The summed E-state index contributed by atoms with van der Waals surface area (Å²) in [5, 5.41) is 12.3. The highest BCUT2D eigenvalue weighted by molar-refractivity contribution is 6.05. The number of ether oxygens (including phenoxy) is 1. The molecule has 3 aliphatic heterocycles.